The Labute approximate surface area is 159 Å². The van der Waals surface area contributed by atoms with Gasteiger partial charge in [0, 0.05) is 13.6 Å². The molecule has 0 aliphatic carbocycles. The van der Waals surface area contributed by atoms with Gasteiger partial charge in [0.2, 0.25) is 0 Å². The lowest BCUT2D eigenvalue weighted by Crippen LogP contribution is -2.30. The highest BCUT2D eigenvalue weighted by molar-refractivity contribution is 7.20. The third-order valence-electron chi connectivity index (χ3n) is 4.12. The Morgan fingerprint density at radius 1 is 1.22 bits per heavy atom. The molecule has 0 bridgehead atoms. The molecule has 0 spiro atoms. The molecule has 3 aromatic rings. The third-order valence-corrected chi connectivity index (χ3v) is 5.29. The van der Waals surface area contributed by atoms with Crippen LogP contribution in [0.25, 0.3) is 10.2 Å². The highest BCUT2D eigenvalue weighted by Gasteiger charge is 2.21. The zero-order chi connectivity index (χ0) is 19.6. The molecule has 140 valence electrons. The molecular weight excluding hydrogens is 366 g/mol. The maximum Gasteiger partial charge on any atom is 0.349 e. The number of nitrogens with one attached hydrogen (secondary N) is 1. The number of aryl methyl sites for hydroxylation is 2. The summed E-state index contributed by atoms with van der Waals surface area (Å²) in [5.41, 5.74) is 1.21. The number of carbonyl (C=O) groups is 2. The minimum atomic E-state index is -0.631. The fraction of sp³-hybridized carbons (Fsp3) is 0.263. The van der Waals surface area contributed by atoms with Crippen molar-refractivity contribution < 1.29 is 14.3 Å². The van der Waals surface area contributed by atoms with Gasteiger partial charge in [-0.25, -0.2) is 9.78 Å². The third kappa shape index (κ3) is 4.06. The first-order valence-corrected chi connectivity index (χ1v) is 9.13. The number of thiophene rings is 1. The van der Waals surface area contributed by atoms with E-state index in [0.717, 1.165) is 16.9 Å². The zero-order valence-corrected chi connectivity index (χ0v) is 16.1. The highest BCUT2D eigenvalue weighted by atomic mass is 32.1. The number of aromatic nitrogens is 2. The Morgan fingerprint density at radius 2 is 1.93 bits per heavy atom. The van der Waals surface area contributed by atoms with Gasteiger partial charge in [0.25, 0.3) is 11.5 Å². The molecule has 0 aliphatic rings. The van der Waals surface area contributed by atoms with E-state index >= 15 is 0 Å². The van der Waals surface area contributed by atoms with E-state index in [-0.39, 0.29) is 23.0 Å². The van der Waals surface area contributed by atoms with Gasteiger partial charge in [0.15, 0.2) is 6.61 Å². The molecular formula is C19H19N3O4S. The number of amides is 1. The first kappa shape index (κ1) is 18.8. The maximum atomic E-state index is 12.4. The van der Waals surface area contributed by atoms with Crippen LogP contribution in [0.3, 0.4) is 0 Å². The van der Waals surface area contributed by atoms with Gasteiger partial charge >= 0.3 is 5.97 Å². The van der Waals surface area contributed by atoms with Crippen LogP contribution in [-0.2, 0) is 16.1 Å². The van der Waals surface area contributed by atoms with Crippen LogP contribution in [0.2, 0.25) is 0 Å². The summed E-state index contributed by atoms with van der Waals surface area (Å²) in [7, 11) is 1.65. The summed E-state index contributed by atoms with van der Waals surface area (Å²) in [5.74, 6) is -0.460. The fourth-order valence-electron chi connectivity index (χ4n) is 2.69. The van der Waals surface area contributed by atoms with E-state index < -0.39 is 5.97 Å². The van der Waals surface area contributed by atoms with Crippen molar-refractivity contribution in [2.45, 2.75) is 20.4 Å². The fourth-order valence-corrected chi connectivity index (χ4v) is 3.82. The van der Waals surface area contributed by atoms with Crippen molar-refractivity contribution in [1.82, 2.24) is 14.9 Å². The Hall–Kier alpha value is -3.00. The number of hydrogen-bond donors (Lipinski definition) is 1. The number of aromatic amines is 1. The van der Waals surface area contributed by atoms with E-state index in [0.29, 0.717) is 28.1 Å². The van der Waals surface area contributed by atoms with Crippen molar-refractivity contribution in [2.75, 3.05) is 13.7 Å². The summed E-state index contributed by atoms with van der Waals surface area (Å²) in [6.45, 7) is 3.41. The van der Waals surface area contributed by atoms with Gasteiger partial charge in [0.05, 0.1) is 5.39 Å². The molecule has 0 fully saturated rings. The predicted molar refractivity (Wildman–Crippen MR) is 103 cm³/mol. The number of nitrogens with zero attached hydrogens (tertiary/aromatic N) is 2. The first-order chi connectivity index (χ1) is 12.9. The number of fused-ring (bicyclic) bond motifs is 1. The van der Waals surface area contributed by atoms with Gasteiger partial charge in [-0.2, -0.15) is 0 Å². The van der Waals surface area contributed by atoms with Gasteiger partial charge < -0.3 is 14.6 Å². The van der Waals surface area contributed by atoms with Gasteiger partial charge in [-0.3, -0.25) is 9.59 Å². The molecule has 1 aromatic carbocycles. The molecule has 2 heterocycles. The number of hydrogen-bond acceptors (Lipinski definition) is 6. The number of H-pyrrole nitrogens is 1. The largest absolute Gasteiger partial charge is 0.451 e. The normalized spacial score (nSPS) is 10.8. The number of ether oxygens (including phenoxy) is 1. The van der Waals surface area contributed by atoms with Gasteiger partial charge in [-0.15, -0.1) is 11.3 Å². The smallest absolute Gasteiger partial charge is 0.349 e. The molecule has 0 radical (unpaired) electrons. The molecule has 1 amide bonds. The van der Waals surface area contributed by atoms with Crippen molar-refractivity contribution in [3.63, 3.8) is 0 Å². The molecule has 0 atom stereocenters. The van der Waals surface area contributed by atoms with Crippen molar-refractivity contribution >= 4 is 33.4 Å². The van der Waals surface area contributed by atoms with Crippen LogP contribution in [0, 0.1) is 13.8 Å². The molecule has 0 saturated heterocycles. The minimum Gasteiger partial charge on any atom is -0.451 e. The molecule has 27 heavy (non-hydrogen) atoms. The summed E-state index contributed by atoms with van der Waals surface area (Å²) in [5, 5.41) is 0.380. The summed E-state index contributed by atoms with van der Waals surface area (Å²) in [6.07, 6.45) is 0. The van der Waals surface area contributed by atoms with Crippen LogP contribution in [0.1, 0.15) is 26.6 Å². The van der Waals surface area contributed by atoms with Crippen molar-refractivity contribution in [2.24, 2.45) is 0 Å². The van der Waals surface area contributed by atoms with Crippen LogP contribution in [0.4, 0.5) is 0 Å². The Kier molecular flexibility index (Phi) is 5.36. The van der Waals surface area contributed by atoms with Crippen molar-refractivity contribution in [1.29, 1.82) is 0 Å². The maximum absolute atomic E-state index is 12.4. The second-order valence-electron chi connectivity index (χ2n) is 6.20. The molecule has 1 N–H and O–H groups in total. The van der Waals surface area contributed by atoms with E-state index in [4.69, 9.17) is 4.74 Å². The Balaban J connectivity index is 1.68. The number of esters is 1. The van der Waals surface area contributed by atoms with E-state index in [1.165, 1.54) is 4.90 Å². The quantitative estimate of drug-likeness (QED) is 0.681. The summed E-state index contributed by atoms with van der Waals surface area (Å²) in [4.78, 5) is 45.8. The van der Waals surface area contributed by atoms with Crippen LogP contribution in [-0.4, -0.2) is 40.4 Å². The lowest BCUT2D eigenvalue weighted by molar-refractivity contribution is -0.133. The van der Waals surface area contributed by atoms with Gasteiger partial charge in [-0.1, -0.05) is 30.3 Å². The van der Waals surface area contributed by atoms with E-state index in [2.05, 4.69) is 9.97 Å². The predicted octanol–water partition coefficient (Wildman–Crippen LogP) is 2.42. The number of carbonyl (C=O) groups excluding carboxylic acids is 2. The lowest BCUT2D eigenvalue weighted by Gasteiger charge is -2.17. The molecule has 8 heteroatoms. The van der Waals surface area contributed by atoms with Gasteiger partial charge in [-0.05, 0) is 25.0 Å². The monoisotopic (exact) mass is 385 g/mol. The SMILES string of the molecule is Cc1nc2sc(C(=O)OCC(=O)N(C)Cc3ccccc3)c(C)c2c(=O)[nH]1. The summed E-state index contributed by atoms with van der Waals surface area (Å²) < 4.78 is 5.17. The Morgan fingerprint density at radius 3 is 2.63 bits per heavy atom. The second-order valence-corrected chi connectivity index (χ2v) is 7.20. The van der Waals surface area contributed by atoms with Crippen LogP contribution in [0.15, 0.2) is 35.1 Å². The summed E-state index contributed by atoms with van der Waals surface area (Å²) >= 11 is 1.09. The van der Waals surface area contributed by atoms with Crippen molar-refractivity contribution in [3.05, 3.63) is 62.5 Å². The van der Waals surface area contributed by atoms with Gasteiger partial charge in [0.1, 0.15) is 15.5 Å². The average molecular weight is 385 g/mol. The summed E-state index contributed by atoms with van der Waals surface area (Å²) in [6, 6.07) is 9.54. The lowest BCUT2D eigenvalue weighted by atomic mass is 10.2. The van der Waals surface area contributed by atoms with E-state index in [1.54, 1.807) is 20.9 Å². The molecule has 2 aromatic heterocycles. The van der Waals surface area contributed by atoms with E-state index in [9.17, 15) is 14.4 Å². The van der Waals surface area contributed by atoms with Crippen LogP contribution < -0.4 is 5.56 Å². The van der Waals surface area contributed by atoms with Crippen LogP contribution in [0.5, 0.6) is 0 Å². The number of rotatable bonds is 5. The molecule has 0 saturated carbocycles. The standard InChI is InChI=1S/C19H19N3O4S/c1-11-15-17(24)20-12(2)21-18(15)27-16(11)19(25)26-10-14(23)22(3)9-13-7-5-4-6-8-13/h4-8H,9-10H2,1-3H3,(H,20,21,24). The highest BCUT2D eigenvalue weighted by Crippen LogP contribution is 2.27. The minimum absolute atomic E-state index is 0.284. The topological polar surface area (TPSA) is 92.4 Å². The van der Waals surface area contributed by atoms with Crippen molar-refractivity contribution in [3.8, 4) is 0 Å². The molecule has 3 rings (SSSR count). The molecule has 0 aliphatic heterocycles. The Bertz CT molecular complexity index is 1060. The second kappa shape index (κ2) is 7.71. The molecule has 0 unspecified atom stereocenters. The number of likely N-dealkylation sites (N-methyl/N-ethyl adjacent to an activating group) is 1. The van der Waals surface area contributed by atoms with Crippen LogP contribution >= 0.6 is 11.3 Å². The first-order valence-electron chi connectivity index (χ1n) is 8.32. The average Bonchev–Trinajstić information content (AvgIpc) is 2.96. The molecule has 7 nitrogen and oxygen atoms in total. The zero-order valence-electron chi connectivity index (χ0n) is 15.2. The number of benzene rings is 1. The van der Waals surface area contributed by atoms with E-state index in [1.807, 2.05) is 30.3 Å².